The summed E-state index contributed by atoms with van der Waals surface area (Å²) < 4.78 is 80.6. The Hall–Kier alpha value is -1.83. The van der Waals surface area contributed by atoms with Gasteiger partial charge in [0.2, 0.25) is 11.7 Å². The summed E-state index contributed by atoms with van der Waals surface area (Å²) in [5.74, 6) is -6.04. The number of nitrogens with one attached hydrogen (secondary N) is 1. The van der Waals surface area contributed by atoms with Crippen molar-refractivity contribution in [1.82, 2.24) is 0 Å². The molecule has 1 aromatic carbocycles. The van der Waals surface area contributed by atoms with Gasteiger partial charge < -0.3 is 20.1 Å². The smallest absolute Gasteiger partial charge is 0.493 e. The normalized spacial score (nSPS) is 26.5. The summed E-state index contributed by atoms with van der Waals surface area (Å²) in [5.41, 5.74) is -0.194. The van der Waals surface area contributed by atoms with Gasteiger partial charge in [0, 0.05) is 21.6 Å². The first-order valence-corrected chi connectivity index (χ1v) is 10.5. The standard InChI is InChI=1S/C18H17BF5NO4S2/c1-17(18(22,23)24)6-10(9-3-4-11(20)13(21)14(9)29-2)15(31-17)16(26)25-8-5-12(19(27)28)30-7-8/h3-5,7,10,15,27-28H,6H2,1-2H3,(H,25,26)/t10-,15+,17+/m0/s1/i15D. The van der Waals surface area contributed by atoms with Crippen LogP contribution in [0.4, 0.5) is 27.6 Å². The number of ether oxygens (including phenoxy) is 1. The molecule has 13 heteroatoms. The van der Waals surface area contributed by atoms with Gasteiger partial charge in [-0.25, -0.2) is 4.39 Å². The number of anilines is 1. The second kappa shape index (κ2) is 8.60. The van der Waals surface area contributed by atoms with E-state index in [1.165, 1.54) is 11.4 Å². The van der Waals surface area contributed by atoms with Crippen molar-refractivity contribution >= 4 is 46.6 Å². The molecule has 0 radical (unpaired) electrons. The van der Waals surface area contributed by atoms with Gasteiger partial charge in [0.05, 0.1) is 19.4 Å². The molecule has 3 N–H and O–H groups in total. The molecule has 0 spiro atoms. The summed E-state index contributed by atoms with van der Waals surface area (Å²) in [6.07, 6.45) is -5.56. The number of methoxy groups -OCH3 is 1. The fourth-order valence-electron chi connectivity index (χ4n) is 3.24. The van der Waals surface area contributed by atoms with Gasteiger partial charge in [-0.1, -0.05) is 6.07 Å². The van der Waals surface area contributed by atoms with Gasteiger partial charge in [0.1, 0.15) is 4.75 Å². The lowest BCUT2D eigenvalue weighted by molar-refractivity contribution is -0.155. The number of thioether (sulfide) groups is 1. The molecule has 0 saturated carbocycles. The molecule has 2 aromatic rings. The lowest BCUT2D eigenvalue weighted by Crippen LogP contribution is -2.37. The fraction of sp³-hybridized carbons (Fsp3) is 0.389. The van der Waals surface area contributed by atoms with Crippen molar-refractivity contribution in [3.63, 3.8) is 0 Å². The summed E-state index contributed by atoms with van der Waals surface area (Å²) in [6.45, 7) is 0.839. The van der Waals surface area contributed by atoms with Gasteiger partial charge in [-0.05, 0) is 25.5 Å². The Morgan fingerprint density at radius 1 is 1.39 bits per heavy atom. The van der Waals surface area contributed by atoms with Crippen molar-refractivity contribution in [3.8, 4) is 5.75 Å². The molecule has 2 heterocycles. The highest BCUT2D eigenvalue weighted by Crippen LogP contribution is 2.59. The molecule has 5 nitrogen and oxygen atoms in total. The largest absolute Gasteiger partial charge is 0.499 e. The van der Waals surface area contributed by atoms with Gasteiger partial charge in [-0.2, -0.15) is 28.9 Å². The van der Waals surface area contributed by atoms with E-state index < -0.39 is 58.9 Å². The van der Waals surface area contributed by atoms with Crippen LogP contribution in [-0.2, 0) is 4.79 Å². The first kappa shape index (κ1) is 22.4. The maximum Gasteiger partial charge on any atom is 0.499 e. The van der Waals surface area contributed by atoms with E-state index in [-0.39, 0.29) is 27.8 Å². The number of halogens is 5. The highest BCUT2D eigenvalue weighted by atomic mass is 32.2. The van der Waals surface area contributed by atoms with Crippen LogP contribution in [0.25, 0.3) is 0 Å². The van der Waals surface area contributed by atoms with Crippen molar-refractivity contribution in [3.05, 3.63) is 40.8 Å². The molecule has 31 heavy (non-hydrogen) atoms. The maximum atomic E-state index is 14.3. The zero-order valence-electron chi connectivity index (χ0n) is 17.1. The minimum absolute atomic E-state index is 0.0481. The van der Waals surface area contributed by atoms with Crippen LogP contribution in [0.3, 0.4) is 0 Å². The van der Waals surface area contributed by atoms with Crippen LogP contribution < -0.4 is 14.8 Å². The highest BCUT2D eigenvalue weighted by molar-refractivity contribution is 8.02. The van der Waals surface area contributed by atoms with Crippen LogP contribution in [0.15, 0.2) is 23.6 Å². The Labute approximate surface area is 184 Å². The van der Waals surface area contributed by atoms with E-state index in [1.807, 2.05) is 0 Å². The molecular formula is C18H17BF5NO4S2. The Morgan fingerprint density at radius 2 is 2.06 bits per heavy atom. The first-order valence-electron chi connectivity index (χ1n) is 9.28. The van der Waals surface area contributed by atoms with E-state index in [4.69, 9.17) is 6.11 Å². The number of hydrogen-bond donors (Lipinski definition) is 3. The average molecular weight is 482 g/mol. The van der Waals surface area contributed by atoms with Crippen molar-refractivity contribution in [2.24, 2.45) is 0 Å². The molecule has 3 atom stereocenters. The number of hydrogen-bond acceptors (Lipinski definition) is 6. The fourth-order valence-corrected chi connectivity index (χ4v) is 5.30. The number of carbonyl (C=O) groups is 1. The van der Waals surface area contributed by atoms with E-state index in [0.717, 1.165) is 31.4 Å². The molecule has 1 saturated heterocycles. The van der Waals surface area contributed by atoms with Crippen molar-refractivity contribution in [2.45, 2.75) is 35.4 Å². The van der Waals surface area contributed by atoms with Crippen molar-refractivity contribution in [1.29, 1.82) is 0 Å². The lowest BCUT2D eigenvalue weighted by atomic mass is 9.85. The van der Waals surface area contributed by atoms with Crippen molar-refractivity contribution < 1.29 is 42.9 Å². The summed E-state index contributed by atoms with van der Waals surface area (Å²) in [6, 6.07) is 2.91. The molecule has 0 aliphatic carbocycles. The lowest BCUT2D eigenvalue weighted by Gasteiger charge is -2.26. The summed E-state index contributed by atoms with van der Waals surface area (Å²) >= 11 is 0.935. The molecule has 3 rings (SSSR count). The predicted molar refractivity (Wildman–Crippen MR) is 109 cm³/mol. The van der Waals surface area contributed by atoms with Crippen LogP contribution >= 0.6 is 23.1 Å². The highest BCUT2D eigenvalue weighted by Gasteiger charge is 2.60. The minimum Gasteiger partial charge on any atom is -0.493 e. The Morgan fingerprint density at radius 3 is 2.61 bits per heavy atom. The number of alkyl halides is 3. The summed E-state index contributed by atoms with van der Waals surface area (Å²) in [5, 5.41) is 19.5. The summed E-state index contributed by atoms with van der Waals surface area (Å²) in [7, 11) is -0.810. The zero-order chi connectivity index (χ0) is 24.1. The van der Waals surface area contributed by atoms with Gasteiger partial charge >= 0.3 is 13.3 Å². The van der Waals surface area contributed by atoms with E-state index in [0.29, 0.717) is 6.07 Å². The van der Waals surface area contributed by atoms with Crippen LogP contribution in [0, 0.1) is 11.6 Å². The van der Waals surface area contributed by atoms with Crippen LogP contribution in [0.5, 0.6) is 5.75 Å². The zero-order valence-corrected chi connectivity index (χ0v) is 17.7. The van der Waals surface area contributed by atoms with Crippen LogP contribution in [-0.4, -0.2) is 46.3 Å². The van der Waals surface area contributed by atoms with Crippen molar-refractivity contribution in [2.75, 3.05) is 12.4 Å². The van der Waals surface area contributed by atoms with E-state index >= 15 is 0 Å². The van der Waals surface area contributed by atoms with Gasteiger partial charge in [-0.3, -0.25) is 4.79 Å². The number of amides is 1. The molecule has 1 aromatic heterocycles. The third-order valence-electron chi connectivity index (χ3n) is 4.86. The molecule has 1 amide bonds. The molecular weight excluding hydrogens is 464 g/mol. The van der Waals surface area contributed by atoms with E-state index in [9.17, 15) is 36.8 Å². The Kier molecular flexibility index (Phi) is 6.21. The van der Waals surface area contributed by atoms with Gasteiger partial charge in [0.25, 0.3) is 0 Å². The molecule has 1 aliphatic heterocycles. The SMILES string of the molecule is [2H][C@@]1(C(=O)Nc2csc(B(O)O)c2)S[C@@](C)(C(F)(F)F)C[C@H]1c1ccc(F)c(F)c1OC. The molecule has 0 unspecified atom stereocenters. The molecule has 168 valence electrons. The second-order valence-corrected chi connectivity index (χ2v) is 9.49. The molecule has 1 aliphatic rings. The predicted octanol–water partition coefficient (Wildman–Crippen LogP) is 3.26. The topological polar surface area (TPSA) is 78.8 Å². The maximum absolute atomic E-state index is 14.3. The monoisotopic (exact) mass is 482 g/mol. The molecule has 0 bridgehead atoms. The second-order valence-electron chi connectivity index (χ2n) is 7.00. The minimum atomic E-state index is -4.80. The third-order valence-corrected chi connectivity index (χ3v) is 7.37. The van der Waals surface area contributed by atoms with E-state index in [1.54, 1.807) is 0 Å². The van der Waals surface area contributed by atoms with Gasteiger partial charge in [-0.15, -0.1) is 11.8 Å². The van der Waals surface area contributed by atoms with Crippen LogP contribution in [0.1, 0.15) is 26.2 Å². The average Bonchev–Trinajstić information content (AvgIpc) is 3.27. The first-order chi connectivity index (χ1) is 14.7. The Balaban J connectivity index is 2.07. The third kappa shape index (κ3) is 4.54. The Bertz CT molecular complexity index is 1040. The van der Waals surface area contributed by atoms with Gasteiger partial charge in [0.15, 0.2) is 11.6 Å². The van der Waals surface area contributed by atoms with Crippen LogP contribution in [0.2, 0.25) is 0 Å². The molecule has 1 fully saturated rings. The quantitative estimate of drug-likeness (QED) is 0.451. The number of benzene rings is 1. The van der Waals surface area contributed by atoms with E-state index in [2.05, 4.69) is 5.32 Å². The number of thiophene rings is 1. The number of carbonyl (C=O) groups excluding carboxylic acids is 1. The summed E-state index contributed by atoms with van der Waals surface area (Å²) in [4.78, 5) is 13.0. The number of rotatable bonds is 5.